The quantitative estimate of drug-likeness (QED) is 0.436. The second kappa shape index (κ2) is 7.36. The van der Waals surface area contributed by atoms with Gasteiger partial charge in [0.25, 0.3) is 5.22 Å². The average molecular weight is 344 g/mol. The lowest BCUT2D eigenvalue weighted by atomic mass is 10.0. The second-order valence-electron chi connectivity index (χ2n) is 5.59. The number of hydrogen-bond acceptors (Lipinski definition) is 4. The topological polar surface area (TPSA) is 38.9 Å². The zero-order valence-electron chi connectivity index (χ0n) is 13.5. The maximum atomic E-state index is 5.78. The Morgan fingerprint density at radius 1 is 0.640 bits per heavy atom. The zero-order chi connectivity index (χ0) is 16.9. The Kier molecular flexibility index (Phi) is 4.61. The molecule has 1 heterocycles. The molecule has 4 rings (SSSR count). The van der Waals surface area contributed by atoms with E-state index in [-0.39, 0.29) is 0 Å². The minimum Gasteiger partial charge on any atom is -0.411 e. The first-order valence-corrected chi connectivity index (χ1v) is 9.03. The molecule has 0 aliphatic carbocycles. The van der Waals surface area contributed by atoms with Gasteiger partial charge in [-0.05, 0) is 28.8 Å². The Hall–Kier alpha value is -2.85. The van der Waals surface area contributed by atoms with Gasteiger partial charge in [0.2, 0.25) is 5.89 Å². The molecule has 3 aromatic carbocycles. The van der Waals surface area contributed by atoms with Crippen molar-refractivity contribution in [3.63, 3.8) is 0 Å². The number of rotatable bonds is 5. The molecule has 0 aliphatic heterocycles. The number of nitrogens with zero attached hydrogens (tertiary/aromatic N) is 2. The summed E-state index contributed by atoms with van der Waals surface area (Å²) in [4.78, 5) is 0. The van der Waals surface area contributed by atoms with Gasteiger partial charge in [0, 0.05) is 11.3 Å². The van der Waals surface area contributed by atoms with Crippen molar-refractivity contribution >= 4 is 11.8 Å². The minimum absolute atomic E-state index is 0.551. The van der Waals surface area contributed by atoms with Gasteiger partial charge in [-0.3, -0.25) is 0 Å². The van der Waals surface area contributed by atoms with Crippen LogP contribution in [-0.4, -0.2) is 10.2 Å². The van der Waals surface area contributed by atoms with Crippen LogP contribution in [-0.2, 0) is 5.75 Å². The zero-order valence-corrected chi connectivity index (χ0v) is 14.3. The average Bonchev–Trinajstić information content (AvgIpc) is 3.17. The molecular weight excluding hydrogens is 328 g/mol. The van der Waals surface area contributed by atoms with Crippen molar-refractivity contribution in [1.29, 1.82) is 0 Å². The molecule has 0 saturated heterocycles. The van der Waals surface area contributed by atoms with Crippen molar-refractivity contribution < 1.29 is 4.42 Å². The van der Waals surface area contributed by atoms with Gasteiger partial charge in [0.1, 0.15) is 0 Å². The first kappa shape index (κ1) is 15.7. The highest BCUT2D eigenvalue weighted by Gasteiger charge is 2.09. The van der Waals surface area contributed by atoms with Crippen molar-refractivity contribution in [3.05, 3.63) is 90.5 Å². The Morgan fingerprint density at radius 2 is 1.24 bits per heavy atom. The van der Waals surface area contributed by atoms with Crippen LogP contribution in [0.4, 0.5) is 0 Å². The van der Waals surface area contributed by atoms with E-state index in [1.165, 1.54) is 16.7 Å². The lowest BCUT2D eigenvalue weighted by Crippen LogP contribution is -1.80. The van der Waals surface area contributed by atoms with Crippen molar-refractivity contribution in [2.24, 2.45) is 0 Å². The van der Waals surface area contributed by atoms with Crippen molar-refractivity contribution in [2.45, 2.75) is 11.0 Å². The third-order valence-corrected chi connectivity index (χ3v) is 4.74. The maximum Gasteiger partial charge on any atom is 0.277 e. The van der Waals surface area contributed by atoms with Crippen LogP contribution in [0, 0.1) is 0 Å². The molecule has 0 fully saturated rings. The third-order valence-electron chi connectivity index (χ3n) is 3.85. The van der Waals surface area contributed by atoms with Gasteiger partial charge in [-0.25, -0.2) is 0 Å². The minimum atomic E-state index is 0.551. The molecule has 0 atom stereocenters. The lowest BCUT2D eigenvalue weighted by Gasteiger charge is -2.02. The summed E-state index contributed by atoms with van der Waals surface area (Å²) in [7, 11) is 0. The predicted molar refractivity (Wildman–Crippen MR) is 101 cm³/mol. The van der Waals surface area contributed by atoms with Gasteiger partial charge in [-0.2, -0.15) is 0 Å². The number of aromatic nitrogens is 2. The van der Waals surface area contributed by atoms with E-state index in [0.29, 0.717) is 11.1 Å². The highest BCUT2D eigenvalue weighted by atomic mass is 32.2. The molecule has 3 nitrogen and oxygen atoms in total. The standard InChI is InChI=1S/C21H16N2OS/c1-3-7-16(8-4-1)15-25-21-23-22-20(24-21)19-13-11-18(12-14-19)17-9-5-2-6-10-17/h1-14H,15H2. The van der Waals surface area contributed by atoms with Gasteiger partial charge >= 0.3 is 0 Å². The number of hydrogen-bond donors (Lipinski definition) is 0. The van der Waals surface area contributed by atoms with Gasteiger partial charge in [-0.1, -0.05) is 84.6 Å². The summed E-state index contributed by atoms with van der Waals surface area (Å²) >= 11 is 1.55. The Labute approximate surface area is 150 Å². The molecule has 0 radical (unpaired) electrons. The summed E-state index contributed by atoms with van der Waals surface area (Å²) < 4.78 is 5.78. The number of thioether (sulfide) groups is 1. The molecule has 0 bridgehead atoms. The highest BCUT2D eigenvalue weighted by molar-refractivity contribution is 7.98. The van der Waals surface area contributed by atoms with Crippen molar-refractivity contribution in [1.82, 2.24) is 10.2 Å². The maximum absolute atomic E-state index is 5.78. The van der Waals surface area contributed by atoms with Crippen LogP contribution in [0.2, 0.25) is 0 Å². The molecule has 0 saturated carbocycles. The molecular formula is C21H16N2OS. The fraction of sp³-hybridized carbons (Fsp3) is 0.0476. The second-order valence-corrected chi connectivity index (χ2v) is 6.52. The van der Waals surface area contributed by atoms with E-state index < -0.39 is 0 Å². The fourth-order valence-electron chi connectivity index (χ4n) is 2.54. The Morgan fingerprint density at radius 3 is 1.96 bits per heavy atom. The summed E-state index contributed by atoms with van der Waals surface area (Å²) in [5.74, 6) is 1.37. The molecule has 1 aromatic heterocycles. The van der Waals surface area contributed by atoms with E-state index in [1.54, 1.807) is 11.8 Å². The SMILES string of the molecule is c1ccc(CSc2nnc(-c3ccc(-c4ccccc4)cc3)o2)cc1. The largest absolute Gasteiger partial charge is 0.411 e. The normalized spacial score (nSPS) is 10.7. The van der Waals surface area contributed by atoms with E-state index in [0.717, 1.165) is 11.3 Å². The fourth-order valence-corrected chi connectivity index (χ4v) is 3.26. The van der Waals surface area contributed by atoms with E-state index in [4.69, 9.17) is 4.42 Å². The van der Waals surface area contributed by atoms with Gasteiger partial charge in [0.15, 0.2) is 0 Å². The summed E-state index contributed by atoms with van der Waals surface area (Å²) in [6.07, 6.45) is 0. The van der Waals surface area contributed by atoms with Crippen LogP contribution in [0.25, 0.3) is 22.6 Å². The molecule has 0 spiro atoms. The smallest absolute Gasteiger partial charge is 0.277 e. The predicted octanol–water partition coefficient (Wildman–Crippen LogP) is 5.70. The first-order chi connectivity index (χ1) is 12.4. The van der Waals surface area contributed by atoms with Gasteiger partial charge < -0.3 is 4.42 Å². The lowest BCUT2D eigenvalue weighted by molar-refractivity contribution is 0.466. The van der Waals surface area contributed by atoms with Gasteiger partial charge in [-0.15, -0.1) is 10.2 Å². The first-order valence-electron chi connectivity index (χ1n) is 8.04. The molecule has 0 amide bonds. The summed E-state index contributed by atoms with van der Waals surface area (Å²) in [5.41, 5.74) is 4.53. The third kappa shape index (κ3) is 3.80. The molecule has 0 unspecified atom stereocenters. The molecule has 0 N–H and O–H groups in total. The van der Waals surface area contributed by atoms with Gasteiger partial charge in [0.05, 0.1) is 0 Å². The van der Waals surface area contributed by atoms with Crippen LogP contribution in [0.5, 0.6) is 0 Å². The van der Waals surface area contributed by atoms with Crippen LogP contribution in [0.15, 0.2) is 94.6 Å². The van der Waals surface area contributed by atoms with Crippen LogP contribution in [0.1, 0.15) is 5.56 Å². The highest BCUT2D eigenvalue weighted by Crippen LogP contribution is 2.27. The Bertz CT molecular complexity index is 935. The van der Waals surface area contributed by atoms with Crippen molar-refractivity contribution in [3.8, 4) is 22.6 Å². The number of benzene rings is 3. The van der Waals surface area contributed by atoms with E-state index in [1.807, 2.05) is 48.5 Å². The summed E-state index contributed by atoms with van der Waals surface area (Å²) in [6.45, 7) is 0. The molecule has 0 aliphatic rings. The van der Waals surface area contributed by atoms with Crippen LogP contribution < -0.4 is 0 Å². The van der Waals surface area contributed by atoms with E-state index in [2.05, 4.69) is 46.6 Å². The van der Waals surface area contributed by atoms with E-state index in [9.17, 15) is 0 Å². The molecule has 122 valence electrons. The molecule has 4 heteroatoms. The van der Waals surface area contributed by atoms with Crippen molar-refractivity contribution in [2.75, 3.05) is 0 Å². The molecule has 4 aromatic rings. The monoisotopic (exact) mass is 344 g/mol. The van der Waals surface area contributed by atoms with Crippen LogP contribution in [0.3, 0.4) is 0 Å². The summed E-state index contributed by atoms with van der Waals surface area (Å²) in [6, 6.07) is 28.7. The molecule has 25 heavy (non-hydrogen) atoms. The summed E-state index contributed by atoms with van der Waals surface area (Å²) in [5, 5.41) is 8.89. The van der Waals surface area contributed by atoms with Crippen LogP contribution >= 0.6 is 11.8 Å². The van der Waals surface area contributed by atoms with E-state index >= 15 is 0 Å². The Balaban J connectivity index is 1.46.